The first-order valence-corrected chi connectivity index (χ1v) is 12.7. The minimum Gasteiger partial charge on any atom is -0.387 e. The molecule has 2 rings (SSSR count). The van der Waals surface area contributed by atoms with Gasteiger partial charge in [-0.1, -0.05) is 11.6 Å². The number of H-pyrrole nitrogens is 1. The van der Waals surface area contributed by atoms with Crippen molar-refractivity contribution < 1.29 is 56.3 Å². The van der Waals surface area contributed by atoms with E-state index in [9.17, 15) is 33.3 Å². The van der Waals surface area contributed by atoms with E-state index in [0.29, 0.717) is 0 Å². The molecule has 32 heavy (non-hydrogen) atoms. The van der Waals surface area contributed by atoms with Crippen LogP contribution < -0.4 is 17.0 Å². The van der Waals surface area contributed by atoms with Crippen LogP contribution in [0.5, 0.6) is 0 Å². The predicted octanol–water partition coefficient (Wildman–Crippen LogP) is -1.96. The first kappa shape index (κ1) is 26.9. The number of alkyl halides is 1. The number of aliphatic hydroxyl groups excluding tert-OH is 1. The Kier molecular flexibility index (Phi) is 7.98. The molecule has 8 N–H and O–H groups in total. The molecule has 0 radical (unpaired) electrons. The molecule has 0 spiro atoms. The highest BCUT2D eigenvalue weighted by Crippen LogP contribution is 2.66. The van der Waals surface area contributed by atoms with Crippen molar-refractivity contribution in [2.45, 2.75) is 23.3 Å². The lowest BCUT2D eigenvalue weighted by Gasteiger charge is -2.25. The van der Waals surface area contributed by atoms with E-state index in [1.807, 2.05) is 11.0 Å². The van der Waals surface area contributed by atoms with Gasteiger partial charge in [-0.2, -0.15) is 8.62 Å². The molecule has 0 bridgehead atoms. The monoisotopic (exact) mass is 541 g/mol. The minimum atomic E-state index is -5.77. The van der Waals surface area contributed by atoms with Gasteiger partial charge in [0.1, 0.15) is 12.2 Å². The number of nitrogens with zero attached hydrogens (tertiary/aromatic N) is 1. The zero-order valence-electron chi connectivity index (χ0n) is 15.2. The van der Waals surface area contributed by atoms with Crippen molar-refractivity contribution in [3.63, 3.8) is 0 Å². The predicted molar refractivity (Wildman–Crippen MR) is 102 cm³/mol. The molecule has 1 aliphatic heterocycles. The highest BCUT2D eigenvalue weighted by molar-refractivity contribution is 7.66. The van der Waals surface area contributed by atoms with Gasteiger partial charge in [0.2, 0.25) is 0 Å². The van der Waals surface area contributed by atoms with Crippen LogP contribution in [0.4, 0.5) is 0 Å². The van der Waals surface area contributed by atoms with Gasteiger partial charge in [-0.05, 0) is 5.92 Å². The normalized spacial score (nSPS) is 29.5. The van der Waals surface area contributed by atoms with Crippen molar-refractivity contribution in [3.8, 4) is 12.0 Å². The van der Waals surface area contributed by atoms with Crippen LogP contribution in [0.15, 0.2) is 21.9 Å². The van der Waals surface area contributed by atoms with Gasteiger partial charge in [0, 0.05) is 18.3 Å². The fraction of sp³-hybridized carbons (Fsp3) is 0.455. The summed E-state index contributed by atoms with van der Waals surface area (Å²) in [7, 11) is -16.9. The first-order chi connectivity index (χ1) is 14.5. The molecule has 2 heterocycles. The lowest BCUT2D eigenvalue weighted by atomic mass is 9.99. The third kappa shape index (κ3) is 6.60. The summed E-state index contributed by atoms with van der Waals surface area (Å²) in [6.07, 6.45) is -4.16. The highest BCUT2D eigenvalue weighted by atomic mass is 35.5. The Balaban J connectivity index is 2.24. The Morgan fingerprint density at radius 3 is 2.38 bits per heavy atom. The van der Waals surface area contributed by atoms with E-state index >= 15 is 0 Å². The number of phosphoric ester groups is 1. The van der Waals surface area contributed by atoms with Crippen LogP contribution in [-0.2, 0) is 31.6 Å². The average Bonchev–Trinajstić information content (AvgIpc) is 2.82. The maximum Gasteiger partial charge on any atom is 0.490 e. The summed E-state index contributed by atoms with van der Waals surface area (Å²) in [6, 6.07) is 2.84. The molecule has 0 aliphatic carbocycles. The Labute approximate surface area is 182 Å². The van der Waals surface area contributed by atoms with Gasteiger partial charge in [0.05, 0.1) is 6.61 Å². The van der Waals surface area contributed by atoms with Crippen LogP contribution in [-0.4, -0.2) is 57.9 Å². The van der Waals surface area contributed by atoms with Crippen molar-refractivity contribution in [2.24, 2.45) is 5.73 Å². The third-order valence-corrected chi connectivity index (χ3v) is 7.94. The molecule has 1 fully saturated rings. The van der Waals surface area contributed by atoms with Crippen molar-refractivity contribution in [1.29, 1.82) is 0 Å². The zero-order chi connectivity index (χ0) is 24.5. The second kappa shape index (κ2) is 9.49. The quantitative estimate of drug-likeness (QED) is 0.0814. The molecule has 1 saturated heterocycles. The van der Waals surface area contributed by atoms with E-state index in [1.165, 1.54) is 0 Å². The standard InChI is InChI=1S/C11H15ClN3O14P3/c12-11(2-3-13)8(17)6(27-9(11)15-4-1-7(16)14-10(15)18)5-26-31(22,23)29-32(24,25)28-30(19,20)21/h1,4,6,8-9,17H,5,13H2,(H,22,23)(H,24,25)(H,14,16,18)(H2,19,20,21)/t6-,8+,9-,11?/m1/s1. The number of phosphoric acid groups is 3. The van der Waals surface area contributed by atoms with Crippen LogP contribution in [0.3, 0.4) is 0 Å². The van der Waals surface area contributed by atoms with Crippen molar-refractivity contribution in [2.75, 3.05) is 6.61 Å². The summed E-state index contributed by atoms with van der Waals surface area (Å²) in [5.41, 5.74) is 3.35. The van der Waals surface area contributed by atoms with Crippen LogP contribution >= 0.6 is 35.1 Å². The van der Waals surface area contributed by atoms with E-state index in [4.69, 9.17) is 36.8 Å². The molecule has 1 aromatic heterocycles. The lowest BCUT2D eigenvalue weighted by Crippen LogP contribution is -2.44. The topological polar surface area (TPSA) is 270 Å². The molecule has 3 unspecified atom stereocenters. The van der Waals surface area contributed by atoms with E-state index < -0.39 is 64.6 Å². The maximum absolute atomic E-state index is 12.1. The number of aliphatic hydroxyl groups is 1. The Morgan fingerprint density at radius 1 is 1.22 bits per heavy atom. The Hall–Kier alpha value is -1.34. The van der Waals surface area contributed by atoms with Gasteiger partial charge in [0.15, 0.2) is 11.1 Å². The van der Waals surface area contributed by atoms with Gasteiger partial charge < -0.3 is 35.2 Å². The number of hydrogen-bond acceptors (Lipinski definition) is 11. The number of halogens is 1. The maximum atomic E-state index is 12.1. The van der Waals surface area contributed by atoms with Crippen LogP contribution in [0.2, 0.25) is 0 Å². The van der Waals surface area contributed by atoms with Crippen molar-refractivity contribution >= 4 is 35.1 Å². The SMILES string of the molecule is NC#CC1(Cl)[C@@H](O)[C@@H](COP(=O)(O)OP(=O)(O)OP(=O)(O)O)O[C@H]1n1ccc(=O)[nH]c1=O. The van der Waals surface area contributed by atoms with E-state index in [1.54, 1.807) is 0 Å². The van der Waals surface area contributed by atoms with Crippen LogP contribution in [0.25, 0.3) is 0 Å². The number of aromatic nitrogens is 2. The fourth-order valence-electron chi connectivity index (χ4n) is 2.48. The van der Waals surface area contributed by atoms with Crippen LogP contribution in [0.1, 0.15) is 6.23 Å². The molecule has 17 nitrogen and oxygen atoms in total. The number of ether oxygens (including phenoxy) is 1. The summed E-state index contributed by atoms with van der Waals surface area (Å²) in [4.78, 5) is 58.7. The largest absolute Gasteiger partial charge is 0.490 e. The van der Waals surface area contributed by atoms with Gasteiger partial charge in [-0.3, -0.25) is 18.9 Å². The van der Waals surface area contributed by atoms with Gasteiger partial charge in [-0.15, -0.1) is 0 Å². The molecule has 0 saturated carbocycles. The van der Waals surface area contributed by atoms with Gasteiger partial charge >= 0.3 is 29.2 Å². The molecular weight excluding hydrogens is 527 g/mol. The summed E-state index contributed by atoms with van der Waals surface area (Å²) >= 11 is 6.27. The summed E-state index contributed by atoms with van der Waals surface area (Å²) < 4.78 is 51.4. The first-order valence-electron chi connectivity index (χ1n) is 7.85. The van der Waals surface area contributed by atoms with Crippen molar-refractivity contribution in [3.05, 3.63) is 33.1 Å². The lowest BCUT2D eigenvalue weighted by molar-refractivity contribution is -0.0455. The fourth-order valence-corrected chi connectivity index (χ4v) is 5.86. The van der Waals surface area contributed by atoms with Crippen LogP contribution in [0, 0.1) is 12.0 Å². The molecule has 1 aromatic rings. The number of hydrogen-bond donors (Lipinski definition) is 7. The molecule has 6 atom stereocenters. The van der Waals surface area contributed by atoms with Gasteiger partial charge in [0.25, 0.3) is 5.56 Å². The number of nitrogens with one attached hydrogen (secondary N) is 1. The third-order valence-electron chi connectivity index (χ3n) is 3.63. The second-order valence-electron chi connectivity index (χ2n) is 5.91. The minimum absolute atomic E-state index is 0.729. The molecule has 1 aliphatic rings. The summed E-state index contributed by atoms with van der Waals surface area (Å²) in [6.45, 7) is -1.08. The highest BCUT2D eigenvalue weighted by Gasteiger charge is 2.56. The summed E-state index contributed by atoms with van der Waals surface area (Å²) in [5, 5.41) is 10.5. The second-order valence-corrected chi connectivity index (χ2v) is 11.0. The Morgan fingerprint density at radius 2 is 1.84 bits per heavy atom. The number of rotatable bonds is 8. The smallest absolute Gasteiger partial charge is 0.387 e. The number of aromatic amines is 1. The molecule has 0 aromatic carbocycles. The molecule has 0 amide bonds. The number of nitrogens with two attached hydrogens (primary N) is 1. The molecule has 21 heteroatoms. The van der Waals surface area contributed by atoms with E-state index in [2.05, 4.69) is 19.1 Å². The summed E-state index contributed by atoms with van der Waals surface area (Å²) in [5.74, 6) is 2.21. The van der Waals surface area contributed by atoms with Crippen molar-refractivity contribution in [1.82, 2.24) is 9.55 Å². The Bertz CT molecular complexity index is 1180. The van der Waals surface area contributed by atoms with Gasteiger partial charge in [-0.25, -0.2) is 18.5 Å². The van der Waals surface area contributed by atoms with E-state index in [-0.39, 0.29) is 0 Å². The zero-order valence-corrected chi connectivity index (χ0v) is 18.7. The van der Waals surface area contributed by atoms with E-state index in [0.717, 1.165) is 16.8 Å². The molecule has 180 valence electrons. The molecular formula is C11H15ClN3O14P3. The average molecular weight is 542 g/mol.